The van der Waals surface area contributed by atoms with Crippen LogP contribution in [0.2, 0.25) is 0 Å². The van der Waals surface area contributed by atoms with Gasteiger partial charge in [0.25, 0.3) is 0 Å². The summed E-state index contributed by atoms with van der Waals surface area (Å²) in [6.07, 6.45) is 13.2. The number of rotatable bonds is 0. The Labute approximate surface area is 98.1 Å². The highest BCUT2D eigenvalue weighted by molar-refractivity contribution is 8.93. The van der Waals surface area contributed by atoms with Gasteiger partial charge >= 0.3 is 0 Å². The van der Waals surface area contributed by atoms with E-state index in [0.29, 0.717) is 0 Å². The van der Waals surface area contributed by atoms with Crippen LogP contribution >= 0.6 is 17.0 Å². The average molecular weight is 268 g/mol. The smallest absolute Gasteiger partial charge is 0.178 e. The van der Waals surface area contributed by atoms with E-state index in [4.69, 9.17) is 5.21 Å². The van der Waals surface area contributed by atoms with Crippen LogP contribution in [0.4, 0.5) is 0 Å². The summed E-state index contributed by atoms with van der Waals surface area (Å²) in [5, 5.41) is 9.99. The predicted octanol–water partition coefficient (Wildman–Crippen LogP) is 2.29. The second kappa shape index (κ2) is 4.91. The molecule has 0 atom stereocenters. The maximum absolute atomic E-state index is 10.9. The zero-order chi connectivity index (χ0) is 9.97. The second-order valence-electron chi connectivity index (χ2n) is 2.99. The van der Waals surface area contributed by atoms with Crippen molar-refractivity contribution in [2.45, 2.75) is 0 Å². The standard InChI is InChI=1S/C11H9NO2.BrH/c13-11-3-1-9(2-4-11)10-5-7-12(14)8-6-10;/h1-8,14H;1H. The van der Waals surface area contributed by atoms with Gasteiger partial charge in [-0.05, 0) is 35.5 Å². The van der Waals surface area contributed by atoms with Crippen LogP contribution in [0.3, 0.4) is 0 Å². The van der Waals surface area contributed by atoms with Gasteiger partial charge in [-0.25, -0.2) is 5.06 Å². The van der Waals surface area contributed by atoms with Crippen LogP contribution in [0.15, 0.2) is 60.0 Å². The molecular formula is C11H10BrNO2. The van der Waals surface area contributed by atoms with Crippen molar-refractivity contribution in [3.8, 4) is 0 Å². The van der Waals surface area contributed by atoms with Gasteiger partial charge in [0, 0.05) is 12.4 Å². The fourth-order valence-corrected chi connectivity index (χ4v) is 1.26. The Bertz CT molecular complexity index is 382. The normalized spacial score (nSPS) is 18.5. The minimum Gasteiger partial charge on any atom is -0.290 e. The molecule has 2 rings (SSSR count). The lowest BCUT2D eigenvalue weighted by molar-refractivity contribution is -0.110. The molecule has 0 amide bonds. The van der Waals surface area contributed by atoms with Crippen molar-refractivity contribution in [2.75, 3.05) is 0 Å². The van der Waals surface area contributed by atoms with E-state index >= 15 is 0 Å². The third-order valence-electron chi connectivity index (χ3n) is 2.00. The number of carbonyl (C=O) groups excluding carboxylic acids is 1. The summed E-state index contributed by atoms with van der Waals surface area (Å²) in [4.78, 5) is 10.9. The van der Waals surface area contributed by atoms with Gasteiger partial charge in [-0.2, -0.15) is 0 Å². The lowest BCUT2D eigenvalue weighted by Gasteiger charge is -2.12. The maximum atomic E-state index is 10.9. The summed E-state index contributed by atoms with van der Waals surface area (Å²) in [7, 11) is 0. The first kappa shape index (κ1) is 11.7. The number of nitrogens with zero attached hydrogens (tertiary/aromatic N) is 1. The van der Waals surface area contributed by atoms with Gasteiger partial charge in [0.05, 0.1) is 0 Å². The Kier molecular flexibility index (Phi) is 3.82. The molecule has 1 heterocycles. The molecule has 0 spiro atoms. The molecule has 0 aromatic heterocycles. The van der Waals surface area contributed by atoms with Gasteiger partial charge in [-0.3, -0.25) is 10.0 Å². The number of hydrogen-bond donors (Lipinski definition) is 1. The highest BCUT2D eigenvalue weighted by Gasteiger charge is 2.04. The molecule has 78 valence electrons. The molecule has 0 saturated heterocycles. The average Bonchev–Trinajstić information content (AvgIpc) is 2.21. The van der Waals surface area contributed by atoms with Crippen molar-refractivity contribution in [3.05, 3.63) is 60.0 Å². The van der Waals surface area contributed by atoms with E-state index in [1.165, 1.54) is 12.2 Å². The number of hydrogen-bond acceptors (Lipinski definition) is 3. The van der Waals surface area contributed by atoms with Gasteiger partial charge in [0.2, 0.25) is 0 Å². The molecule has 0 saturated carbocycles. The Morgan fingerprint density at radius 3 is 1.87 bits per heavy atom. The summed E-state index contributed by atoms with van der Waals surface area (Å²) in [6.45, 7) is 0. The molecule has 0 radical (unpaired) electrons. The van der Waals surface area contributed by atoms with Gasteiger partial charge in [0.1, 0.15) is 0 Å². The van der Waals surface area contributed by atoms with Crippen LogP contribution in [-0.4, -0.2) is 16.1 Å². The van der Waals surface area contributed by atoms with Crippen molar-refractivity contribution in [1.29, 1.82) is 0 Å². The first-order chi connectivity index (χ1) is 6.75. The van der Waals surface area contributed by atoms with Crippen molar-refractivity contribution in [2.24, 2.45) is 0 Å². The van der Waals surface area contributed by atoms with Crippen LogP contribution in [0, 0.1) is 0 Å². The number of allylic oxidation sites excluding steroid dienone is 8. The SMILES string of the molecule is Br.O=C1C=CC(=C2C=CN(O)C=C2)C=C1. The topological polar surface area (TPSA) is 40.5 Å². The Balaban J connectivity index is 0.00000112. The zero-order valence-electron chi connectivity index (χ0n) is 7.83. The molecule has 0 aromatic carbocycles. The van der Waals surface area contributed by atoms with Gasteiger partial charge in [-0.15, -0.1) is 17.0 Å². The summed E-state index contributed by atoms with van der Waals surface area (Å²) >= 11 is 0. The monoisotopic (exact) mass is 267 g/mol. The molecule has 1 aliphatic heterocycles. The molecular weight excluding hydrogens is 258 g/mol. The number of hydroxylamine groups is 2. The third kappa shape index (κ3) is 2.78. The lowest BCUT2D eigenvalue weighted by atomic mass is 10.0. The Morgan fingerprint density at radius 1 is 0.867 bits per heavy atom. The van der Waals surface area contributed by atoms with Crippen molar-refractivity contribution in [1.82, 2.24) is 5.06 Å². The van der Waals surface area contributed by atoms with Gasteiger partial charge in [-0.1, -0.05) is 12.2 Å². The molecule has 2 aliphatic rings. The van der Waals surface area contributed by atoms with Crippen molar-refractivity contribution in [3.63, 3.8) is 0 Å². The molecule has 1 aliphatic carbocycles. The molecule has 0 aromatic rings. The fraction of sp³-hybridized carbons (Fsp3) is 0. The van der Waals surface area contributed by atoms with Crippen LogP contribution in [0.5, 0.6) is 0 Å². The van der Waals surface area contributed by atoms with E-state index in [1.807, 2.05) is 0 Å². The summed E-state index contributed by atoms with van der Waals surface area (Å²) < 4.78 is 0. The predicted molar refractivity (Wildman–Crippen MR) is 62.5 cm³/mol. The molecule has 0 unspecified atom stereocenters. The zero-order valence-corrected chi connectivity index (χ0v) is 9.54. The van der Waals surface area contributed by atoms with E-state index in [0.717, 1.165) is 16.2 Å². The molecule has 1 N–H and O–H groups in total. The number of ketones is 1. The largest absolute Gasteiger partial charge is 0.290 e. The highest BCUT2D eigenvalue weighted by Crippen LogP contribution is 2.17. The summed E-state index contributed by atoms with van der Waals surface area (Å²) in [5.41, 5.74) is 1.93. The highest BCUT2D eigenvalue weighted by atomic mass is 79.9. The van der Waals surface area contributed by atoms with Crippen LogP contribution in [-0.2, 0) is 4.79 Å². The van der Waals surface area contributed by atoms with E-state index < -0.39 is 0 Å². The molecule has 3 nitrogen and oxygen atoms in total. The quantitative estimate of drug-likeness (QED) is 0.732. The fourth-order valence-electron chi connectivity index (χ4n) is 1.26. The van der Waals surface area contributed by atoms with Crippen LogP contribution in [0.25, 0.3) is 0 Å². The minimum atomic E-state index is 0. The Hall–Kier alpha value is -1.39. The van der Waals surface area contributed by atoms with Gasteiger partial charge < -0.3 is 0 Å². The first-order valence-corrected chi connectivity index (χ1v) is 4.24. The van der Waals surface area contributed by atoms with Gasteiger partial charge in [0.15, 0.2) is 5.78 Å². The first-order valence-electron chi connectivity index (χ1n) is 4.24. The minimum absolute atomic E-state index is 0. The van der Waals surface area contributed by atoms with Crippen molar-refractivity contribution < 1.29 is 10.0 Å². The van der Waals surface area contributed by atoms with E-state index in [2.05, 4.69) is 0 Å². The van der Waals surface area contributed by atoms with Crippen molar-refractivity contribution >= 4 is 22.8 Å². The third-order valence-corrected chi connectivity index (χ3v) is 2.00. The molecule has 4 heteroatoms. The maximum Gasteiger partial charge on any atom is 0.178 e. The number of halogens is 1. The second-order valence-corrected chi connectivity index (χ2v) is 2.99. The molecule has 0 bridgehead atoms. The summed E-state index contributed by atoms with van der Waals surface area (Å²) in [5.74, 6) is 0.00176. The summed E-state index contributed by atoms with van der Waals surface area (Å²) in [6, 6.07) is 0. The molecule has 0 fully saturated rings. The van der Waals surface area contributed by atoms with E-state index in [-0.39, 0.29) is 22.8 Å². The van der Waals surface area contributed by atoms with Crippen LogP contribution < -0.4 is 0 Å². The molecule has 15 heavy (non-hydrogen) atoms. The lowest BCUT2D eigenvalue weighted by Crippen LogP contribution is -2.05. The van der Waals surface area contributed by atoms with E-state index in [9.17, 15) is 4.79 Å². The number of carbonyl (C=O) groups is 1. The van der Waals surface area contributed by atoms with E-state index in [1.54, 1.807) is 36.7 Å². The Morgan fingerprint density at radius 2 is 1.33 bits per heavy atom. The van der Waals surface area contributed by atoms with Crippen LogP contribution in [0.1, 0.15) is 0 Å².